The molecule has 0 saturated carbocycles. The third kappa shape index (κ3) is 4.64. The first-order valence-corrected chi connectivity index (χ1v) is 6.08. The molecule has 0 saturated heterocycles. The molecule has 0 amide bonds. The number of pyridine rings is 1. The van der Waals surface area contributed by atoms with Crippen molar-refractivity contribution in [1.29, 1.82) is 0 Å². The molecule has 2 N–H and O–H groups in total. The van der Waals surface area contributed by atoms with E-state index in [4.69, 9.17) is 5.11 Å². The number of aliphatic hydroxyl groups excluding tert-OH is 1. The SMILES string of the molecule is CNCc1ccc(SCC(C)CO)nc1. The van der Waals surface area contributed by atoms with Gasteiger partial charge in [-0.2, -0.15) is 0 Å². The van der Waals surface area contributed by atoms with Gasteiger partial charge >= 0.3 is 0 Å². The van der Waals surface area contributed by atoms with Gasteiger partial charge in [0.25, 0.3) is 0 Å². The number of nitrogens with one attached hydrogen (secondary N) is 1. The average molecular weight is 226 g/mol. The second kappa shape index (κ2) is 6.82. The number of rotatable bonds is 6. The highest BCUT2D eigenvalue weighted by Crippen LogP contribution is 2.18. The molecule has 1 heterocycles. The summed E-state index contributed by atoms with van der Waals surface area (Å²) in [6, 6.07) is 4.11. The Labute approximate surface area is 95.3 Å². The number of hydrogen-bond acceptors (Lipinski definition) is 4. The molecule has 0 fully saturated rings. The Kier molecular flexibility index (Phi) is 5.68. The average Bonchev–Trinajstić information content (AvgIpc) is 2.28. The van der Waals surface area contributed by atoms with Gasteiger partial charge in [-0.1, -0.05) is 13.0 Å². The number of aliphatic hydroxyl groups is 1. The molecule has 1 aromatic rings. The molecule has 15 heavy (non-hydrogen) atoms. The third-order valence-electron chi connectivity index (χ3n) is 2.01. The molecule has 84 valence electrons. The predicted octanol–water partition coefficient (Wildman–Crippen LogP) is 1.52. The first-order chi connectivity index (χ1) is 7.26. The number of aromatic nitrogens is 1. The summed E-state index contributed by atoms with van der Waals surface area (Å²) >= 11 is 1.69. The fourth-order valence-electron chi connectivity index (χ4n) is 1.09. The van der Waals surface area contributed by atoms with Crippen molar-refractivity contribution in [2.45, 2.75) is 18.5 Å². The quantitative estimate of drug-likeness (QED) is 0.722. The van der Waals surface area contributed by atoms with Crippen molar-refractivity contribution in [3.63, 3.8) is 0 Å². The fraction of sp³-hybridized carbons (Fsp3) is 0.545. The molecular formula is C11H18N2OS. The maximum Gasteiger partial charge on any atom is 0.0960 e. The summed E-state index contributed by atoms with van der Waals surface area (Å²) < 4.78 is 0. The fourth-order valence-corrected chi connectivity index (χ4v) is 1.94. The summed E-state index contributed by atoms with van der Waals surface area (Å²) in [5.74, 6) is 1.24. The van der Waals surface area contributed by atoms with E-state index in [0.717, 1.165) is 17.3 Å². The van der Waals surface area contributed by atoms with E-state index in [0.29, 0.717) is 5.92 Å². The van der Waals surface area contributed by atoms with Crippen LogP contribution in [0.4, 0.5) is 0 Å². The second-order valence-electron chi connectivity index (χ2n) is 3.63. The van der Waals surface area contributed by atoms with E-state index in [9.17, 15) is 0 Å². The van der Waals surface area contributed by atoms with Crippen LogP contribution in [0.2, 0.25) is 0 Å². The largest absolute Gasteiger partial charge is 0.396 e. The highest BCUT2D eigenvalue weighted by atomic mass is 32.2. The van der Waals surface area contributed by atoms with Crippen LogP contribution in [0, 0.1) is 5.92 Å². The Balaban J connectivity index is 2.42. The van der Waals surface area contributed by atoms with Gasteiger partial charge in [-0.15, -0.1) is 11.8 Å². The van der Waals surface area contributed by atoms with Crippen molar-refractivity contribution in [2.24, 2.45) is 5.92 Å². The molecule has 1 unspecified atom stereocenters. The minimum Gasteiger partial charge on any atom is -0.396 e. The highest BCUT2D eigenvalue weighted by molar-refractivity contribution is 7.99. The third-order valence-corrected chi connectivity index (χ3v) is 3.28. The molecule has 1 aromatic heterocycles. The molecule has 0 aliphatic heterocycles. The lowest BCUT2D eigenvalue weighted by atomic mass is 10.2. The van der Waals surface area contributed by atoms with Crippen LogP contribution in [0.25, 0.3) is 0 Å². The molecule has 0 aromatic carbocycles. The van der Waals surface area contributed by atoms with E-state index in [2.05, 4.69) is 16.4 Å². The zero-order valence-corrected chi connectivity index (χ0v) is 10.0. The zero-order chi connectivity index (χ0) is 11.1. The van der Waals surface area contributed by atoms with E-state index in [1.165, 1.54) is 5.56 Å². The van der Waals surface area contributed by atoms with E-state index in [1.54, 1.807) is 11.8 Å². The summed E-state index contributed by atoms with van der Waals surface area (Å²) in [6.07, 6.45) is 1.89. The summed E-state index contributed by atoms with van der Waals surface area (Å²) in [6.45, 7) is 3.12. The van der Waals surface area contributed by atoms with Crippen LogP contribution in [0.5, 0.6) is 0 Å². The molecule has 0 radical (unpaired) electrons. The highest BCUT2D eigenvalue weighted by Gasteiger charge is 2.02. The first-order valence-electron chi connectivity index (χ1n) is 5.09. The Morgan fingerprint density at radius 2 is 2.33 bits per heavy atom. The molecule has 0 aliphatic carbocycles. The number of hydrogen-bond donors (Lipinski definition) is 2. The van der Waals surface area contributed by atoms with E-state index >= 15 is 0 Å². The summed E-state index contributed by atoms with van der Waals surface area (Å²) in [5.41, 5.74) is 1.19. The molecule has 0 spiro atoms. The van der Waals surface area contributed by atoms with Gasteiger partial charge in [0.2, 0.25) is 0 Å². The van der Waals surface area contributed by atoms with Crippen molar-refractivity contribution in [1.82, 2.24) is 10.3 Å². The van der Waals surface area contributed by atoms with Crippen LogP contribution in [0.3, 0.4) is 0 Å². The summed E-state index contributed by atoms with van der Waals surface area (Å²) in [4.78, 5) is 4.34. The van der Waals surface area contributed by atoms with Crippen LogP contribution in [-0.2, 0) is 6.54 Å². The zero-order valence-electron chi connectivity index (χ0n) is 9.23. The second-order valence-corrected chi connectivity index (χ2v) is 4.67. The van der Waals surface area contributed by atoms with E-state index < -0.39 is 0 Å². The minimum atomic E-state index is 0.241. The smallest absolute Gasteiger partial charge is 0.0960 e. The van der Waals surface area contributed by atoms with Crippen LogP contribution in [0.15, 0.2) is 23.4 Å². The van der Waals surface area contributed by atoms with Gasteiger partial charge in [0.15, 0.2) is 0 Å². The van der Waals surface area contributed by atoms with Gasteiger partial charge in [-0.3, -0.25) is 0 Å². The van der Waals surface area contributed by atoms with Gasteiger partial charge < -0.3 is 10.4 Å². The molecule has 1 rings (SSSR count). The summed E-state index contributed by atoms with van der Waals surface area (Å²) in [7, 11) is 1.92. The lowest BCUT2D eigenvalue weighted by Crippen LogP contribution is -2.05. The number of nitrogens with zero attached hydrogens (tertiary/aromatic N) is 1. The monoisotopic (exact) mass is 226 g/mol. The molecule has 0 bridgehead atoms. The van der Waals surface area contributed by atoms with Gasteiger partial charge in [-0.25, -0.2) is 4.98 Å². The Morgan fingerprint density at radius 3 is 2.87 bits per heavy atom. The van der Waals surface area contributed by atoms with Crippen molar-refractivity contribution < 1.29 is 5.11 Å². The van der Waals surface area contributed by atoms with Gasteiger partial charge in [-0.05, 0) is 24.6 Å². The molecule has 1 atom stereocenters. The maximum absolute atomic E-state index is 8.88. The Morgan fingerprint density at radius 1 is 1.53 bits per heavy atom. The number of thioether (sulfide) groups is 1. The summed E-state index contributed by atoms with van der Waals surface area (Å²) in [5, 5.41) is 13.0. The first kappa shape index (κ1) is 12.5. The lowest BCUT2D eigenvalue weighted by molar-refractivity contribution is 0.250. The topological polar surface area (TPSA) is 45.1 Å². The van der Waals surface area contributed by atoms with E-state index in [-0.39, 0.29) is 6.61 Å². The molecule has 4 heteroatoms. The van der Waals surface area contributed by atoms with Gasteiger partial charge in [0, 0.05) is 25.1 Å². The predicted molar refractivity (Wildman–Crippen MR) is 64.0 cm³/mol. The normalized spacial score (nSPS) is 12.7. The van der Waals surface area contributed by atoms with Crippen LogP contribution >= 0.6 is 11.8 Å². The standard InChI is InChI=1S/C11H18N2OS/c1-9(7-14)8-15-11-4-3-10(5-12-2)6-13-11/h3-4,6,9,12,14H,5,7-8H2,1-2H3. The van der Waals surface area contributed by atoms with E-state index in [1.807, 2.05) is 26.2 Å². The van der Waals surface area contributed by atoms with Crippen molar-refractivity contribution in [3.05, 3.63) is 23.9 Å². The van der Waals surface area contributed by atoms with Gasteiger partial charge in [0.1, 0.15) is 0 Å². The molecule has 3 nitrogen and oxygen atoms in total. The Bertz CT molecular complexity index is 276. The van der Waals surface area contributed by atoms with Crippen molar-refractivity contribution in [2.75, 3.05) is 19.4 Å². The van der Waals surface area contributed by atoms with Crippen LogP contribution < -0.4 is 5.32 Å². The van der Waals surface area contributed by atoms with Crippen LogP contribution in [0.1, 0.15) is 12.5 Å². The molecular weight excluding hydrogens is 208 g/mol. The minimum absolute atomic E-state index is 0.241. The van der Waals surface area contributed by atoms with Gasteiger partial charge in [0.05, 0.1) is 5.03 Å². The van der Waals surface area contributed by atoms with Crippen LogP contribution in [-0.4, -0.2) is 29.5 Å². The maximum atomic E-state index is 8.88. The molecule has 0 aliphatic rings. The Hall–Kier alpha value is -0.580. The van der Waals surface area contributed by atoms with Crippen molar-refractivity contribution in [3.8, 4) is 0 Å². The van der Waals surface area contributed by atoms with Crippen molar-refractivity contribution >= 4 is 11.8 Å². The lowest BCUT2D eigenvalue weighted by Gasteiger charge is -2.06.